The molecule has 1 saturated carbocycles. The molecule has 112 valence electrons. The van der Waals surface area contributed by atoms with E-state index in [1.54, 1.807) is 12.1 Å². The van der Waals surface area contributed by atoms with Crippen molar-refractivity contribution in [2.45, 2.75) is 44.2 Å². The third-order valence-corrected chi connectivity index (χ3v) is 4.14. The summed E-state index contributed by atoms with van der Waals surface area (Å²) < 4.78 is 30.5. The van der Waals surface area contributed by atoms with Crippen molar-refractivity contribution in [1.82, 2.24) is 0 Å². The van der Waals surface area contributed by atoms with Crippen LogP contribution in [0.4, 0.5) is 4.39 Å². The Morgan fingerprint density at radius 3 is 2.67 bits per heavy atom. The Morgan fingerprint density at radius 2 is 2.00 bits per heavy atom. The minimum Gasteiger partial charge on any atom is -0.374 e. The van der Waals surface area contributed by atoms with Gasteiger partial charge in [-0.2, -0.15) is 5.26 Å². The van der Waals surface area contributed by atoms with Crippen LogP contribution in [0.3, 0.4) is 0 Å². The van der Waals surface area contributed by atoms with Crippen molar-refractivity contribution in [3.8, 4) is 6.07 Å². The van der Waals surface area contributed by atoms with E-state index in [1.807, 2.05) is 6.07 Å². The molecule has 3 rings (SSSR count). The van der Waals surface area contributed by atoms with Crippen LogP contribution in [0.2, 0.25) is 0 Å². The van der Waals surface area contributed by atoms with Crippen LogP contribution in [0.15, 0.2) is 18.2 Å². The summed E-state index contributed by atoms with van der Waals surface area (Å²) in [5.74, 6) is -0.861. The maximum atomic E-state index is 13.2. The fraction of sp³-hybridized carbons (Fsp3) is 0.562. The molecule has 1 aliphatic heterocycles. The van der Waals surface area contributed by atoms with Gasteiger partial charge in [0, 0.05) is 12.8 Å². The van der Waals surface area contributed by atoms with E-state index in [9.17, 15) is 4.39 Å². The number of nitriles is 1. The van der Waals surface area contributed by atoms with Crippen LogP contribution in [-0.2, 0) is 20.8 Å². The van der Waals surface area contributed by atoms with E-state index in [-0.39, 0.29) is 17.5 Å². The summed E-state index contributed by atoms with van der Waals surface area (Å²) in [7, 11) is 0. The second kappa shape index (κ2) is 6.10. The van der Waals surface area contributed by atoms with E-state index in [1.165, 1.54) is 6.07 Å². The van der Waals surface area contributed by atoms with Crippen molar-refractivity contribution >= 4 is 0 Å². The zero-order valence-electron chi connectivity index (χ0n) is 11.8. The second-order valence-corrected chi connectivity index (χ2v) is 5.54. The molecular formula is C16H18FNO3. The summed E-state index contributed by atoms with van der Waals surface area (Å²) in [4.78, 5) is 0. The van der Waals surface area contributed by atoms with Crippen LogP contribution in [0.5, 0.6) is 0 Å². The van der Waals surface area contributed by atoms with Crippen LogP contribution in [-0.4, -0.2) is 25.1 Å². The van der Waals surface area contributed by atoms with Crippen LogP contribution >= 0.6 is 0 Å². The largest absolute Gasteiger partial charge is 0.374 e. The molecule has 1 saturated heterocycles. The Hall–Kier alpha value is -1.48. The molecule has 0 bridgehead atoms. The lowest BCUT2D eigenvalue weighted by molar-refractivity contribution is -0.192. The zero-order valence-corrected chi connectivity index (χ0v) is 11.8. The molecule has 0 aromatic heterocycles. The van der Waals surface area contributed by atoms with E-state index < -0.39 is 5.82 Å². The van der Waals surface area contributed by atoms with Gasteiger partial charge < -0.3 is 14.2 Å². The molecule has 0 atom stereocenters. The van der Waals surface area contributed by atoms with Crippen LogP contribution in [0, 0.1) is 17.1 Å². The Morgan fingerprint density at radius 1 is 1.29 bits per heavy atom. The minimum atomic E-state index is -0.489. The first kappa shape index (κ1) is 14.5. The number of ether oxygens (including phenoxy) is 3. The monoisotopic (exact) mass is 291 g/mol. The highest BCUT2D eigenvalue weighted by Crippen LogP contribution is 2.36. The fourth-order valence-corrected chi connectivity index (χ4v) is 2.95. The topological polar surface area (TPSA) is 51.5 Å². The number of hydrogen-bond donors (Lipinski definition) is 0. The predicted molar refractivity (Wildman–Crippen MR) is 72.8 cm³/mol. The SMILES string of the molecule is N#Cc1cc(COC2CCC3(CC2)OCCO3)ccc1F. The normalized spacial score (nSPS) is 21.5. The van der Waals surface area contributed by atoms with E-state index in [0.717, 1.165) is 31.2 Å². The molecule has 1 aromatic rings. The van der Waals surface area contributed by atoms with Gasteiger partial charge >= 0.3 is 0 Å². The lowest BCUT2D eigenvalue weighted by atomic mass is 9.92. The van der Waals surface area contributed by atoms with Crippen LogP contribution in [0.25, 0.3) is 0 Å². The van der Waals surface area contributed by atoms with Gasteiger partial charge in [0.05, 0.1) is 31.5 Å². The Kier molecular flexibility index (Phi) is 4.20. The van der Waals surface area contributed by atoms with E-state index in [4.69, 9.17) is 19.5 Å². The molecule has 2 aliphatic rings. The Bertz CT molecular complexity index is 539. The van der Waals surface area contributed by atoms with Gasteiger partial charge in [0.15, 0.2) is 5.79 Å². The number of nitrogens with zero attached hydrogens (tertiary/aromatic N) is 1. The van der Waals surface area contributed by atoms with Crippen molar-refractivity contribution in [3.63, 3.8) is 0 Å². The summed E-state index contributed by atoms with van der Waals surface area (Å²) in [6, 6.07) is 6.36. The molecule has 21 heavy (non-hydrogen) atoms. The fourth-order valence-electron chi connectivity index (χ4n) is 2.95. The lowest BCUT2D eigenvalue weighted by Crippen LogP contribution is -2.37. The molecule has 5 heteroatoms. The minimum absolute atomic E-state index is 0.0615. The van der Waals surface area contributed by atoms with Gasteiger partial charge in [-0.05, 0) is 30.5 Å². The maximum Gasteiger partial charge on any atom is 0.168 e. The summed E-state index contributed by atoms with van der Waals surface area (Å²) >= 11 is 0. The van der Waals surface area contributed by atoms with Crippen molar-refractivity contribution in [2.24, 2.45) is 0 Å². The van der Waals surface area contributed by atoms with Crippen molar-refractivity contribution in [1.29, 1.82) is 5.26 Å². The molecule has 4 nitrogen and oxygen atoms in total. The maximum absolute atomic E-state index is 13.2. The van der Waals surface area contributed by atoms with Gasteiger partial charge in [-0.25, -0.2) is 4.39 Å². The smallest absolute Gasteiger partial charge is 0.168 e. The molecule has 1 spiro atoms. The highest BCUT2D eigenvalue weighted by Gasteiger charge is 2.40. The summed E-state index contributed by atoms with van der Waals surface area (Å²) in [5.41, 5.74) is 0.882. The van der Waals surface area contributed by atoms with Crippen molar-refractivity contribution < 1.29 is 18.6 Å². The average molecular weight is 291 g/mol. The zero-order chi connectivity index (χ0) is 14.7. The quantitative estimate of drug-likeness (QED) is 0.859. The molecule has 1 aromatic carbocycles. The van der Waals surface area contributed by atoms with Crippen molar-refractivity contribution in [3.05, 3.63) is 35.1 Å². The third-order valence-electron chi connectivity index (χ3n) is 4.14. The lowest BCUT2D eigenvalue weighted by Gasteiger charge is -2.35. The molecule has 1 heterocycles. The summed E-state index contributed by atoms with van der Waals surface area (Å²) in [6.45, 7) is 1.75. The molecule has 0 amide bonds. The molecular weight excluding hydrogens is 273 g/mol. The predicted octanol–water partition coefficient (Wildman–Crippen LogP) is 2.90. The first-order valence-corrected chi connectivity index (χ1v) is 7.29. The van der Waals surface area contributed by atoms with Gasteiger partial charge in [0.2, 0.25) is 0 Å². The second-order valence-electron chi connectivity index (χ2n) is 5.54. The van der Waals surface area contributed by atoms with E-state index in [2.05, 4.69) is 0 Å². The molecule has 0 radical (unpaired) electrons. The standard InChI is InChI=1S/C16H18FNO3/c17-15-2-1-12(9-13(15)10-18)11-19-14-3-5-16(6-4-14)20-7-8-21-16/h1-2,9,14H,3-8,11H2. The number of hydrogen-bond acceptors (Lipinski definition) is 4. The van der Waals surface area contributed by atoms with Gasteiger partial charge in [-0.15, -0.1) is 0 Å². The van der Waals surface area contributed by atoms with Gasteiger partial charge in [-0.1, -0.05) is 6.07 Å². The molecule has 0 unspecified atom stereocenters. The highest BCUT2D eigenvalue weighted by molar-refractivity contribution is 5.34. The molecule has 1 aliphatic carbocycles. The van der Waals surface area contributed by atoms with Gasteiger partial charge in [-0.3, -0.25) is 0 Å². The van der Waals surface area contributed by atoms with Crippen molar-refractivity contribution in [2.75, 3.05) is 13.2 Å². The number of benzene rings is 1. The number of halogens is 1. The Labute approximate surface area is 123 Å². The van der Waals surface area contributed by atoms with Gasteiger partial charge in [0.1, 0.15) is 11.9 Å². The Balaban J connectivity index is 1.51. The average Bonchev–Trinajstić information content (AvgIpc) is 2.96. The third kappa shape index (κ3) is 3.24. The highest BCUT2D eigenvalue weighted by atomic mass is 19.1. The number of rotatable bonds is 3. The van der Waals surface area contributed by atoms with Gasteiger partial charge in [0.25, 0.3) is 0 Å². The first-order valence-electron chi connectivity index (χ1n) is 7.29. The summed E-state index contributed by atoms with van der Waals surface area (Å²) in [6.07, 6.45) is 3.66. The molecule has 2 fully saturated rings. The first-order chi connectivity index (χ1) is 10.2. The summed E-state index contributed by atoms with van der Waals surface area (Å²) in [5, 5.41) is 8.82. The van der Waals surface area contributed by atoms with Crippen LogP contribution in [0.1, 0.15) is 36.8 Å². The van der Waals surface area contributed by atoms with Crippen LogP contribution < -0.4 is 0 Å². The van der Waals surface area contributed by atoms with E-state index >= 15 is 0 Å². The van der Waals surface area contributed by atoms with E-state index in [0.29, 0.717) is 19.8 Å². The molecule has 0 N–H and O–H groups in total.